The van der Waals surface area contributed by atoms with Crippen molar-refractivity contribution in [3.8, 4) is 0 Å². The van der Waals surface area contributed by atoms with Crippen molar-refractivity contribution in [1.82, 2.24) is 9.97 Å². The molecular weight excluding hydrogens is 266 g/mol. The number of nitrogens with zero attached hydrogens (tertiary/aromatic N) is 2. The molecule has 1 aromatic heterocycles. The predicted octanol–water partition coefficient (Wildman–Crippen LogP) is 3.39. The minimum atomic E-state index is -0.713. The molecule has 0 fully saturated rings. The molecule has 1 heterocycles. The van der Waals surface area contributed by atoms with E-state index in [1.54, 1.807) is 0 Å². The van der Waals surface area contributed by atoms with E-state index in [0.29, 0.717) is 0 Å². The fourth-order valence-corrected chi connectivity index (χ4v) is 2.22. The molecule has 0 saturated carbocycles. The van der Waals surface area contributed by atoms with E-state index in [-0.39, 0.29) is 6.42 Å². The van der Waals surface area contributed by atoms with E-state index < -0.39 is 5.97 Å². The topological polar surface area (TPSA) is 75.1 Å². The highest BCUT2D eigenvalue weighted by molar-refractivity contribution is 5.76. The molecule has 0 amide bonds. The number of rotatable bonds is 8. The first-order valence-corrected chi connectivity index (χ1v) is 7.36. The van der Waals surface area contributed by atoms with Gasteiger partial charge in [0.1, 0.15) is 5.82 Å². The highest BCUT2D eigenvalue weighted by Gasteiger charge is 2.04. The number of hydrogen-bond donors (Lipinski definition) is 2. The number of aromatic nitrogens is 2. The molecule has 0 aliphatic carbocycles. The minimum Gasteiger partial charge on any atom is -0.481 e. The van der Waals surface area contributed by atoms with Crippen LogP contribution in [0, 0.1) is 6.92 Å². The van der Waals surface area contributed by atoms with Crippen molar-refractivity contribution in [2.75, 3.05) is 11.9 Å². The van der Waals surface area contributed by atoms with E-state index >= 15 is 0 Å². The third-order valence-electron chi connectivity index (χ3n) is 3.35. The number of anilines is 1. The van der Waals surface area contributed by atoms with Crippen molar-refractivity contribution in [3.05, 3.63) is 30.0 Å². The van der Waals surface area contributed by atoms with E-state index in [0.717, 1.165) is 54.8 Å². The Labute approximate surface area is 124 Å². The predicted molar refractivity (Wildman–Crippen MR) is 83.5 cm³/mol. The lowest BCUT2D eigenvalue weighted by Crippen LogP contribution is -2.06. The molecule has 2 rings (SSSR count). The summed E-state index contributed by atoms with van der Waals surface area (Å²) >= 11 is 0. The van der Waals surface area contributed by atoms with Crippen LogP contribution < -0.4 is 5.32 Å². The number of para-hydroxylation sites is 2. The van der Waals surface area contributed by atoms with Gasteiger partial charge >= 0.3 is 5.97 Å². The van der Waals surface area contributed by atoms with Gasteiger partial charge in [-0.15, -0.1) is 0 Å². The Kier molecular flexibility index (Phi) is 5.49. The van der Waals surface area contributed by atoms with Gasteiger partial charge < -0.3 is 10.4 Å². The van der Waals surface area contributed by atoms with Crippen molar-refractivity contribution in [2.24, 2.45) is 0 Å². The summed E-state index contributed by atoms with van der Waals surface area (Å²) in [7, 11) is 0. The van der Waals surface area contributed by atoms with Gasteiger partial charge in [0.05, 0.1) is 16.7 Å². The number of fused-ring (bicyclic) bond motifs is 1. The average Bonchev–Trinajstić information content (AvgIpc) is 2.46. The lowest BCUT2D eigenvalue weighted by molar-refractivity contribution is -0.137. The van der Waals surface area contributed by atoms with Gasteiger partial charge in [-0.05, 0) is 31.9 Å². The quantitative estimate of drug-likeness (QED) is 0.728. The zero-order valence-corrected chi connectivity index (χ0v) is 12.3. The molecule has 0 aliphatic heterocycles. The van der Waals surface area contributed by atoms with Gasteiger partial charge in [-0.25, -0.2) is 9.97 Å². The third kappa shape index (κ3) is 4.70. The van der Waals surface area contributed by atoms with Crippen LogP contribution in [0.3, 0.4) is 0 Å². The van der Waals surface area contributed by atoms with Gasteiger partial charge in [0.15, 0.2) is 0 Å². The summed E-state index contributed by atoms with van der Waals surface area (Å²) in [5.74, 6) is 0.120. The van der Waals surface area contributed by atoms with Crippen LogP contribution >= 0.6 is 0 Å². The van der Waals surface area contributed by atoms with Gasteiger partial charge in [0, 0.05) is 13.0 Å². The average molecular weight is 287 g/mol. The first-order chi connectivity index (χ1) is 10.2. The molecule has 0 unspecified atom stereocenters. The molecule has 5 heteroatoms. The van der Waals surface area contributed by atoms with E-state index in [9.17, 15) is 4.79 Å². The molecule has 0 atom stereocenters. The van der Waals surface area contributed by atoms with Crippen LogP contribution in [0.2, 0.25) is 0 Å². The van der Waals surface area contributed by atoms with Crippen molar-refractivity contribution in [3.63, 3.8) is 0 Å². The molecule has 2 aromatic rings. The number of aryl methyl sites for hydroxylation is 1. The summed E-state index contributed by atoms with van der Waals surface area (Å²) in [6.45, 7) is 2.79. The van der Waals surface area contributed by atoms with Crippen molar-refractivity contribution >= 4 is 22.8 Å². The summed E-state index contributed by atoms with van der Waals surface area (Å²) in [5, 5.41) is 11.9. The number of nitrogens with one attached hydrogen (secondary N) is 1. The molecule has 112 valence electrons. The summed E-state index contributed by atoms with van der Waals surface area (Å²) < 4.78 is 0. The maximum absolute atomic E-state index is 10.4. The molecule has 0 radical (unpaired) electrons. The second-order valence-corrected chi connectivity index (χ2v) is 5.13. The Bertz CT molecular complexity index is 613. The van der Waals surface area contributed by atoms with Gasteiger partial charge in [0.2, 0.25) is 0 Å². The highest BCUT2D eigenvalue weighted by Crippen LogP contribution is 2.16. The van der Waals surface area contributed by atoms with Crippen LogP contribution in [0.5, 0.6) is 0 Å². The molecule has 0 aliphatic rings. The number of carbonyl (C=O) groups is 1. The number of unbranched alkanes of at least 4 members (excludes halogenated alkanes) is 3. The first kappa shape index (κ1) is 15.2. The summed E-state index contributed by atoms with van der Waals surface area (Å²) in [6.07, 6.45) is 4.01. The zero-order valence-electron chi connectivity index (χ0n) is 12.3. The standard InChI is InChI=1S/C16H21N3O2/c1-12-16(17-11-7-3-2-4-10-15(20)21)19-14-9-6-5-8-13(14)18-12/h5-6,8-9H,2-4,7,10-11H2,1H3,(H,17,19)(H,20,21). The monoisotopic (exact) mass is 287 g/mol. The Morgan fingerprint density at radius 3 is 2.48 bits per heavy atom. The number of carboxylic acids is 1. The maximum Gasteiger partial charge on any atom is 0.303 e. The number of carboxylic acid groups (broad SMARTS) is 1. The first-order valence-electron chi connectivity index (χ1n) is 7.36. The molecule has 0 spiro atoms. The van der Waals surface area contributed by atoms with Crippen LogP contribution in [0.4, 0.5) is 5.82 Å². The summed E-state index contributed by atoms with van der Waals surface area (Å²) in [6, 6.07) is 7.83. The normalized spacial score (nSPS) is 10.7. The van der Waals surface area contributed by atoms with Gasteiger partial charge in [0.25, 0.3) is 0 Å². The number of benzene rings is 1. The Morgan fingerprint density at radius 1 is 1.10 bits per heavy atom. The fraction of sp³-hybridized carbons (Fsp3) is 0.438. The van der Waals surface area contributed by atoms with Crippen molar-refractivity contribution < 1.29 is 9.90 Å². The van der Waals surface area contributed by atoms with Crippen molar-refractivity contribution in [2.45, 2.75) is 39.0 Å². The number of hydrogen-bond acceptors (Lipinski definition) is 4. The largest absolute Gasteiger partial charge is 0.481 e. The third-order valence-corrected chi connectivity index (χ3v) is 3.35. The maximum atomic E-state index is 10.4. The molecule has 21 heavy (non-hydrogen) atoms. The molecule has 2 N–H and O–H groups in total. The lowest BCUT2D eigenvalue weighted by Gasteiger charge is -2.09. The second kappa shape index (κ2) is 7.57. The number of aliphatic carboxylic acids is 1. The zero-order chi connectivity index (χ0) is 15.1. The summed E-state index contributed by atoms with van der Waals surface area (Å²) in [5.41, 5.74) is 2.71. The van der Waals surface area contributed by atoms with E-state index in [1.807, 2.05) is 31.2 Å². The van der Waals surface area contributed by atoms with Crippen LogP contribution in [0.15, 0.2) is 24.3 Å². The molecule has 0 bridgehead atoms. The molecule has 0 saturated heterocycles. The fourth-order valence-electron chi connectivity index (χ4n) is 2.22. The minimum absolute atomic E-state index is 0.267. The van der Waals surface area contributed by atoms with Crippen LogP contribution in [-0.2, 0) is 4.79 Å². The summed E-state index contributed by atoms with van der Waals surface area (Å²) in [4.78, 5) is 19.5. The second-order valence-electron chi connectivity index (χ2n) is 5.13. The van der Waals surface area contributed by atoms with E-state index in [2.05, 4.69) is 15.3 Å². The Hall–Kier alpha value is -2.17. The van der Waals surface area contributed by atoms with Crippen LogP contribution in [-0.4, -0.2) is 27.6 Å². The lowest BCUT2D eigenvalue weighted by atomic mass is 10.1. The Balaban J connectivity index is 1.78. The van der Waals surface area contributed by atoms with Crippen molar-refractivity contribution in [1.29, 1.82) is 0 Å². The smallest absolute Gasteiger partial charge is 0.303 e. The van der Waals surface area contributed by atoms with E-state index in [1.165, 1.54) is 0 Å². The SMILES string of the molecule is Cc1nc2ccccc2nc1NCCCCCCC(=O)O. The van der Waals surface area contributed by atoms with E-state index in [4.69, 9.17) is 5.11 Å². The van der Waals surface area contributed by atoms with Gasteiger partial charge in [-0.3, -0.25) is 4.79 Å². The Morgan fingerprint density at radius 2 is 1.76 bits per heavy atom. The highest BCUT2D eigenvalue weighted by atomic mass is 16.4. The van der Waals surface area contributed by atoms with Gasteiger partial charge in [-0.1, -0.05) is 25.0 Å². The van der Waals surface area contributed by atoms with Crippen LogP contribution in [0.25, 0.3) is 11.0 Å². The van der Waals surface area contributed by atoms with Crippen LogP contribution in [0.1, 0.15) is 37.8 Å². The molecular formula is C16H21N3O2. The van der Waals surface area contributed by atoms with Gasteiger partial charge in [-0.2, -0.15) is 0 Å². The molecule has 1 aromatic carbocycles. The molecule has 5 nitrogen and oxygen atoms in total.